The van der Waals surface area contributed by atoms with E-state index < -0.39 is 4.75 Å². The van der Waals surface area contributed by atoms with Gasteiger partial charge in [0.15, 0.2) is 5.17 Å². The quantitative estimate of drug-likeness (QED) is 0.787. The molecule has 5 heteroatoms. The van der Waals surface area contributed by atoms with E-state index in [2.05, 4.69) is 24.2 Å². The number of aliphatic hydroxyl groups is 1. The van der Waals surface area contributed by atoms with Crippen molar-refractivity contribution < 1.29 is 9.90 Å². The number of amidine groups is 1. The summed E-state index contributed by atoms with van der Waals surface area (Å²) in [6, 6.07) is 0.169. The van der Waals surface area contributed by atoms with E-state index in [1.54, 1.807) is 0 Å². The fourth-order valence-corrected chi connectivity index (χ4v) is 3.28. The maximum atomic E-state index is 11.9. The zero-order chi connectivity index (χ0) is 12.6. The highest BCUT2D eigenvalue weighted by Gasteiger charge is 2.45. The second-order valence-electron chi connectivity index (χ2n) is 5.37. The van der Waals surface area contributed by atoms with Gasteiger partial charge in [-0.1, -0.05) is 25.6 Å². The number of carbonyl (C=O) groups is 1. The minimum atomic E-state index is -0.407. The molecule has 0 spiro atoms. The molecule has 2 fully saturated rings. The molecule has 0 aromatic heterocycles. The molecule has 2 aliphatic rings. The van der Waals surface area contributed by atoms with Crippen LogP contribution in [0.15, 0.2) is 4.99 Å². The van der Waals surface area contributed by atoms with Crippen LogP contribution in [0.1, 0.15) is 40.0 Å². The first kappa shape index (κ1) is 12.9. The average molecular weight is 256 g/mol. The van der Waals surface area contributed by atoms with Crippen LogP contribution in [0.5, 0.6) is 0 Å². The number of aliphatic hydroxyl groups excluding tert-OH is 1. The van der Waals surface area contributed by atoms with E-state index >= 15 is 0 Å². The maximum Gasteiger partial charge on any atom is 0.242 e. The van der Waals surface area contributed by atoms with E-state index in [9.17, 15) is 9.90 Å². The largest absolute Gasteiger partial charge is 0.393 e. The Kier molecular flexibility index (Phi) is 3.50. The molecule has 0 unspecified atom stereocenters. The van der Waals surface area contributed by atoms with Crippen LogP contribution in [0.25, 0.3) is 0 Å². The number of carbonyl (C=O) groups excluding carboxylic acids is 1. The van der Waals surface area contributed by atoms with E-state index in [4.69, 9.17) is 0 Å². The molecule has 1 aliphatic carbocycles. The number of thioether (sulfide) groups is 1. The molecule has 1 aliphatic heterocycles. The highest BCUT2D eigenvalue weighted by molar-refractivity contribution is 8.16. The van der Waals surface area contributed by atoms with Gasteiger partial charge in [-0.05, 0) is 32.1 Å². The van der Waals surface area contributed by atoms with Crippen LogP contribution in [-0.2, 0) is 4.79 Å². The predicted molar refractivity (Wildman–Crippen MR) is 70.1 cm³/mol. The predicted octanol–water partition coefficient (Wildman–Crippen LogP) is 1.53. The lowest BCUT2D eigenvalue weighted by Crippen LogP contribution is -2.38. The molecule has 0 radical (unpaired) electrons. The van der Waals surface area contributed by atoms with E-state index in [1.807, 2.05) is 6.92 Å². The van der Waals surface area contributed by atoms with Gasteiger partial charge in [-0.15, -0.1) is 0 Å². The molecule has 2 N–H and O–H groups in total. The Labute approximate surface area is 106 Å². The summed E-state index contributed by atoms with van der Waals surface area (Å²) in [7, 11) is 0. The summed E-state index contributed by atoms with van der Waals surface area (Å²) in [4.78, 5) is 16.5. The summed E-state index contributed by atoms with van der Waals surface area (Å²) in [6.07, 6.45) is 2.24. The lowest BCUT2D eigenvalue weighted by Gasteiger charge is -2.22. The Morgan fingerprint density at radius 1 is 1.53 bits per heavy atom. The number of hydrogen-bond acceptors (Lipinski definition) is 4. The van der Waals surface area contributed by atoms with Crippen LogP contribution >= 0.6 is 11.8 Å². The van der Waals surface area contributed by atoms with Crippen molar-refractivity contribution in [3.63, 3.8) is 0 Å². The molecule has 3 atom stereocenters. The van der Waals surface area contributed by atoms with Crippen molar-refractivity contribution in [2.75, 3.05) is 0 Å². The van der Waals surface area contributed by atoms with Gasteiger partial charge in [0, 0.05) is 0 Å². The van der Waals surface area contributed by atoms with Gasteiger partial charge in [-0.25, -0.2) is 0 Å². The molecule has 96 valence electrons. The molecule has 1 saturated carbocycles. The monoisotopic (exact) mass is 256 g/mol. The summed E-state index contributed by atoms with van der Waals surface area (Å²) >= 11 is 1.52. The van der Waals surface area contributed by atoms with Crippen LogP contribution in [0.3, 0.4) is 0 Å². The van der Waals surface area contributed by atoms with E-state index in [1.165, 1.54) is 11.8 Å². The number of hydrogen-bond donors (Lipinski definition) is 2. The standard InChI is InChI=1S/C12H20N2O2S/c1-7(2)12(3)10(16)14-11(17-12)13-8-4-5-9(15)6-8/h7-9,15H,4-6H2,1-3H3,(H,13,14,16)/t8-,9-,12-/m1/s1. The Morgan fingerprint density at radius 2 is 2.24 bits per heavy atom. The molecule has 4 nitrogen and oxygen atoms in total. The zero-order valence-electron chi connectivity index (χ0n) is 10.6. The van der Waals surface area contributed by atoms with Gasteiger partial charge in [0.2, 0.25) is 5.91 Å². The molecule has 2 rings (SSSR count). The number of nitrogens with zero attached hydrogens (tertiary/aromatic N) is 1. The topological polar surface area (TPSA) is 61.7 Å². The fraction of sp³-hybridized carbons (Fsp3) is 0.833. The van der Waals surface area contributed by atoms with E-state index in [-0.39, 0.29) is 24.0 Å². The molecule has 1 amide bonds. The second-order valence-corrected chi connectivity index (χ2v) is 6.81. The SMILES string of the molecule is CC(C)[C@@]1(C)SC(=N[C@@H]2CC[C@@H](O)C2)NC1=O. The van der Waals surface area contributed by atoms with Gasteiger partial charge in [0.1, 0.15) is 4.75 Å². The van der Waals surface area contributed by atoms with Gasteiger partial charge in [-0.2, -0.15) is 0 Å². The van der Waals surface area contributed by atoms with Gasteiger partial charge in [0.05, 0.1) is 12.1 Å². The summed E-state index contributed by atoms with van der Waals surface area (Å²) in [6.45, 7) is 6.06. The van der Waals surface area contributed by atoms with Crippen molar-refractivity contribution in [2.45, 2.75) is 56.9 Å². The first-order valence-corrected chi connectivity index (χ1v) is 7.00. The van der Waals surface area contributed by atoms with Gasteiger partial charge < -0.3 is 10.4 Å². The first-order valence-electron chi connectivity index (χ1n) is 6.18. The molecular formula is C12H20N2O2S. The summed E-state index contributed by atoms with van der Waals surface area (Å²) in [5.41, 5.74) is 0. The van der Waals surface area contributed by atoms with E-state index in [0.717, 1.165) is 24.4 Å². The Bertz CT molecular complexity index is 356. The highest BCUT2D eigenvalue weighted by atomic mass is 32.2. The molecule has 0 aromatic rings. The van der Waals surface area contributed by atoms with Crippen molar-refractivity contribution in [3.8, 4) is 0 Å². The third kappa shape index (κ3) is 2.50. The van der Waals surface area contributed by atoms with Crippen LogP contribution in [0, 0.1) is 5.92 Å². The van der Waals surface area contributed by atoms with E-state index in [0.29, 0.717) is 0 Å². The van der Waals surface area contributed by atoms with Crippen molar-refractivity contribution in [1.82, 2.24) is 5.32 Å². The van der Waals surface area contributed by atoms with Crippen LogP contribution in [0.2, 0.25) is 0 Å². The number of aliphatic imine (C=N–C) groups is 1. The summed E-state index contributed by atoms with van der Waals surface area (Å²) < 4.78 is -0.407. The third-order valence-electron chi connectivity index (χ3n) is 3.76. The lowest BCUT2D eigenvalue weighted by molar-refractivity contribution is -0.122. The Morgan fingerprint density at radius 3 is 2.71 bits per heavy atom. The Balaban J connectivity index is 2.06. The molecule has 1 heterocycles. The smallest absolute Gasteiger partial charge is 0.242 e. The number of rotatable bonds is 2. The van der Waals surface area contributed by atoms with Crippen molar-refractivity contribution >= 4 is 22.8 Å². The lowest BCUT2D eigenvalue weighted by atomic mass is 9.96. The maximum absolute atomic E-state index is 11.9. The summed E-state index contributed by atoms with van der Waals surface area (Å²) in [5, 5.41) is 13.0. The zero-order valence-corrected chi connectivity index (χ0v) is 11.4. The van der Waals surface area contributed by atoms with Gasteiger partial charge in [-0.3, -0.25) is 9.79 Å². The normalized spacial score (nSPS) is 40.3. The van der Waals surface area contributed by atoms with Crippen LogP contribution < -0.4 is 5.32 Å². The van der Waals surface area contributed by atoms with Crippen molar-refractivity contribution in [2.24, 2.45) is 10.9 Å². The molecule has 0 bridgehead atoms. The molecule has 17 heavy (non-hydrogen) atoms. The average Bonchev–Trinajstić information content (AvgIpc) is 2.74. The number of nitrogens with one attached hydrogen (secondary N) is 1. The summed E-state index contributed by atoms with van der Waals surface area (Å²) in [5.74, 6) is 0.323. The van der Waals surface area contributed by atoms with Crippen molar-refractivity contribution in [3.05, 3.63) is 0 Å². The first-order chi connectivity index (χ1) is 7.91. The minimum absolute atomic E-state index is 0.0507. The molecule has 0 aromatic carbocycles. The van der Waals surface area contributed by atoms with Crippen molar-refractivity contribution in [1.29, 1.82) is 0 Å². The molecular weight excluding hydrogens is 236 g/mol. The third-order valence-corrected chi connectivity index (χ3v) is 5.24. The minimum Gasteiger partial charge on any atom is -0.393 e. The number of amides is 1. The fourth-order valence-electron chi connectivity index (χ4n) is 2.15. The van der Waals surface area contributed by atoms with Crippen LogP contribution in [-0.4, -0.2) is 33.1 Å². The second kappa shape index (κ2) is 4.61. The van der Waals surface area contributed by atoms with Crippen LogP contribution in [0.4, 0.5) is 0 Å². The highest BCUT2D eigenvalue weighted by Crippen LogP contribution is 2.38. The Hall–Kier alpha value is -0.550. The van der Waals surface area contributed by atoms with Gasteiger partial charge >= 0.3 is 0 Å². The van der Waals surface area contributed by atoms with Gasteiger partial charge in [0.25, 0.3) is 0 Å². The molecule has 1 saturated heterocycles.